The van der Waals surface area contributed by atoms with Crippen LogP contribution in [0.25, 0.3) is 5.70 Å². The number of carbonyl (C=O) groups is 1. The predicted octanol–water partition coefficient (Wildman–Crippen LogP) is 3.52. The molecule has 9 heteroatoms. The molecule has 4 N–H and O–H groups in total. The topological polar surface area (TPSA) is 90.8 Å². The van der Waals surface area contributed by atoms with Gasteiger partial charge in [-0.3, -0.25) is 4.79 Å². The lowest BCUT2D eigenvalue weighted by Gasteiger charge is -2.32. The summed E-state index contributed by atoms with van der Waals surface area (Å²) >= 11 is 0. The first-order valence-corrected chi connectivity index (χ1v) is 10.4. The zero-order valence-electron chi connectivity index (χ0n) is 18.6. The van der Waals surface area contributed by atoms with Gasteiger partial charge in [0, 0.05) is 23.8 Å². The van der Waals surface area contributed by atoms with E-state index in [1.54, 1.807) is 24.3 Å². The number of aliphatic hydroxyl groups excluding tert-OH is 1. The van der Waals surface area contributed by atoms with Crippen LogP contribution in [0.4, 0.5) is 13.3 Å². The number of carbonyl (C=O) groups excluding carboxylic acids is 1. The van der Waals surface area contributed by atoms with Crippen molar-refractivity contribution in [2.45, 2.75) is 50.7 Å². The number of halogens is 3. The minimum Gasteiger partial charge on any atom is -0.396 e. The summed E-state index contributed by atoms with van der Waals surface area (Å²) in [6, 6.07) is 4.79. The molecule has 1 aromatic rings. The summed E-state index contributed by atoms with van der Waals surface area (Å²) < 4.78 is 38.3. The zero-order chi connectivity index (χ0) is 25.0. The lowest BCUT2D eigenvalue weighted by molar-refractivity contribution is -0.205. The highest BCUT2D eigenvalue weighted by atomic mass is 19.3. The van der Waals surface area contributed by atoms with E-state index in [4.69, 9.17) is 0 Å². The molecular weight excluding hydrogens is 437 g/mol. The first-order chi connectivity index (χ1) is 15.7. The molecule has 1 amide bonds. The van der Waals surface area contributed by atoms with Crippen LogP contribution in [0, 0.1) is 23.7 Å². The fourth-order valence-corrected chi connectivity index (χ4v) is 3.39. The van der Waals surface area contributed by atoms with Crippen molar-refractivity contribution in [1.29, 1.82) is 0 Å². The van der Waals surface area contributed by atoms with Gasteiger partial charge in [-0.05, 0) is 60.7 Å². The first-order valence-electron chi connectivity index (χ1n) is 10.4. The molecule has 0 saturated heterocycles. The number of amides is 1. The SMILES string of the molecule is C=C.C=C(NC(C(=O)NOF)C(C)(O)C(F)F)c1ccc(C#CC2CCC(CO)CC2)cc1. The van der Waals surface area contributed by atoms with Crippen molar-refractivity contribution in [2.75, 3.05) is 6.61 Å². The summed E-state index contributed by atoms with van der Waals surface area (Å²) in [4.78, 5) is 11.9. The Morgan fingerprint density at radius 3 is 2.30 bits per heavy atom. The van der Waals surface area contributed by atoms with Gasteiger partial charge in [0.05, 0.1) is 0 Å². The lowest BCUT2D eigenvalue weighted by Crippen LogP contribution is -2.59. The van der Waals surface area contributed by atoms with Crippen molar-refractivity contribution in [1.82, 2.24) is 10.8 Å². The van der Waals surface area contributed by atoms with Crippen molar-refractivity contribution >= 4 is 11.6 Å². The van der Waals surface area contributed by atoms with Crippen LogP contribution in [0.3, 0.4) is 0 Å². The fraction of sp³-hybridized carbons (Fsp3) is 0.458. The van der Waals surface area contributed by atoms with Gasteiger partial charge >= 0.3 is 0 Å². The van der Waals surface area contributed by atoms with Crippen LogP contribution in [-0.2, 0) is 9.84 Å². The van der Waals surface area contributed by atoms with Gasteiger partial charge < -0.3 is 15.5 Å². The molecule has 2 unspecified atom stereocenters. The molecule has 1 aliphatic carbocycles. The van der Waals surface area contributed by atoms with Crippen molar-refractivity contribution in [2.24, 2.45) is 11.8 Å². The van der Waals surface area contributed by atoms with Gasteiger partial charge in [-0.2, -0.15) is 5.48 Å². The van der Waals surface area contributed by atoms with Crippen LogP contribution in [0.2, 0.25) is 0 Å². The number of hydrogen-bond acceptors (Lipinski definition) is 5. The smallest absolute Gasteiger partial charge is 0.271 e. The van der Waals surface area contributed by atoms with Gasteiger partial charge in [0.2, 0.25) is 0 Å². The third-order valence-electron chi connectivity index (χ3n) is 5.51. The van der Waals surface area contributed by atoms with E-state index < -0.39 is 24.0 Å². The Kier molecular flexibility index (Phi) is 11.7. The Labute approximate surface area is 192 Å². The normalized spacial score (nSPS) is 20.2. The third-order valence-corrected chi connectivity index (χ3v) is 5.51. The summed E-state index contributed by atoms with van der Waals surface area (Å²) in [5, 5.41) is 24.6. The maximum atomic E-state index is 13.2. The van der Waals surface area contributed by atoms with E-state index in [9.17, 15) is 28.3 Å². The second-order valence-corrected chi connectivity index (χ2v) is 7.87. The highest BCUT2D eigenvalue weighted by molar-refractivity contribution is 5.84. The molecule has 0 radical (unpaired) electrons. The summed E-state index contributed by atoms with van der Waals surface area (Å²) in [6.45, 7) is 10.7. The quantitative estimate of drug-likeness (QED) is 0.266. The zero-order valence-corrected chi connectivity index (χ0v) is 18.6. The highest BCUT2D eigenvalue weighted by Crippen LogP contribution is 2.28. The monoisotopic (exact) mass is 468 g/mol. The van der Waals surface area contributed by atoms with E-state index in [-0.39, 0.29) is 18.2 Å². The molecular formula is C24H31F3N2O4. The van der Waals surface area contributed by atoms with Gasteiger partial charge in [0.25, 0.3) is 12.3 Å². The van der Waals surface area contributed by atoms with E-state index in [2.05, 4.69) is 41.9 Å². The van der Waals surface area contributed by atoms with Gasteiger partial charge in [0.1, 0.15) is 6.04 Å². The van der Waals surface area contributed by atoms with Crippen LogP contribution in [0.15, 0.2) is 44.0 Å². The molecule has 2 atom stereocenters. The maximum Gasteiger partial charge on any atom is 0.271 e. The van der Waals surface area contributed by atoms with Crippen LogP contribution < -0.4 is 10.8 Å². The molecule has 0 spiro atoms. The number of hydroxylamine groups is 1. The average Bonchev–Trinajstić information content (AvgIpc) is 2.82. The highest BCUT2D eigenvalue weighted by Gasteiger charge is 2.45. The van der Waals surface area contributed by atoms with Gasteiger partial charge in [-0.25, -0.2) is 8.78 Å². The number of nitrogens with one attached hydrogen (secondary N) is 2. The summed E-state index contributed by atoms with van der Waals surface area (Å²) in [5.74, 6) is 5.66. The van der Waals surface area contributed by atoms with Crippen LogP contribution in [0.5, 0.6) is 0 Å². The Hall–Kier alpha value is -2.80. The van der Waals surface area contributed by atoms with E-state index in [1.807, 2.05) is 0 Å². The van der Waals surface area contributed by atoms with E-state index >= 15 is 0 Å². The van der Waals surface area contributed by atoms with E-state index in [0.29, 0.717) is 11.5 Å². The molecule has 0 aliphatic heterocycles. The Morgan fingerprint density at radius 1 is 1.24 bits per heavy atom. The number of aliphatic hydroxyl groups is 2. The molecule has 6 nitrogen and oxygen atoms in total. The minimum atomic E-state index is -3.30. The number of hydrogen-bond donors (Lipinski definition) is 4. The molecule has 1 saturated carbocycles. The van der Waals surface area contributed by atoms with Crippen LogP contribution in [0.1, 0.15) is 43.7 Å². The first kappa shape index (κ1) is 28.2. The summed E-state index contributed by atoms with van der Waals surface area (Å²) in [7, 11) is 0. The lowest BCUT2D eigenvalue weighted by atomic mass is 9.83. The van der Waals surface area contributed by atoms with Gasteiger partial charge in [0.15, 0.2) is 5.60 Å². The number of rotatable bonds is 8. The third kappa shape index (κ3) is 8.24. The molecule has 0 bridgehead atoms. The largest absolute Gasteiger partial charge is 0.396 e. The summed E-state index contributed by atoms with van der Waals surface area (Å²) in [5.41, 5.74) is -0.229. The van der Waals surface area contributed by atoms with Crippen molar-refractivity contribution in [3.05, 3.63) is 55.1 Å². The fourth-order valence-electron chi connectivity index (χ4n) is 3.39. The maximum absolute atomic E-state index is 13.2. The molecule has 182 valence electrons. The predicted molar refractivity (Wildman–Crippen MR) is 120 cm³/mol. The van der Waals surface area contributed by atoms with E-state index in [1.165, 1.54) is 5.48 Å². The second-order valence-electron chi connectivity index (χ2n) is 7.87. The molecule has 1 aromatic carbocycles. The van der Waals surface area contributed by atoms with Crippen molar-refractivity contribution < 1.29 is 33.4 Å². The van der Waals surface area contributed by atoms with Crippen molar-refractivity contribution in [3.63, 3.8) is 0 Å². The standard InChI is InChI=1S/C22H27F3N2O4.C2H4/c1-14(26-19(20(29)27-31-25)22(2,30)21(23)24)18-11-9-16(10-12-18)4-3-15-5-7-17(13-28)8-6-15;1-2/h9-12,15,17,19,21,26,28,30H,1,5-8,13H2,2H3,(H,27,29);1-2H2. The van der Waals surface area contributed by atoms with Crippen LogP contribution in [-0.4, -0.2) is 40.8 Å². The second kappa shape index (κ2) is 13.7. The van der Waals surface area contributed by atoms with Crippen LogP contribution >= 0.6 is 0 Å². The Morgan fingerprint density at radius 2 is 1.82 bits per heavy atom. The Bertz CT molecular complexity index is 826. The number of alkyl halides is 2. The van der Waals surface area contributed by atoms with E-state index in [0.717, 1.165) is 38.2 Å². The minimum absolute atomic E-state index is 0.0711. The molecule has 1 fully saturated rings. The van der Waals surface area contributed by atoms with Crippen molar-refractivity contribution in [3.8, 4) is 11.8 Å². The molecule has 2 rings (SSSR count). The Balaban J connectivity index is 0.00000265. The molecule has 0 heterocycles. The number of benzene rings is 1. The molecule has 0 aromatic heterocycles. The molecule has 33 heavy (non-hydrogen) atoms. The average molecular weight is 469 g/mol. The summed E-state index contributed by atoms with van der Waals surface area (Å²) in [6.07, 6.45) is 0.531. The van der Waals surface area contributed by atoms with Gasteiger partial charge in [-0.1, -0.05) is 35.6 Å². The van der Waals surface area contributed by atoms with Gasteiger partial charge in [-0.15, -0.1) is 13.2 Å². The molecule has 1 aliphatic rings.